The number of carbonyl (C=O) groups is 2. The summed E-state index contributed by atoms with van der Waals surface area (Å²) in [6.45, 7) is 1.29. The Kier molecular flexibility index (Phi) is 6.61. The molecule has 0 saturated carbocycles. The summed E-state index contributed by atoms with van der Waals surface area (Å²) in [4.78, 5) is 25.3. The minimum absolute atomic E-state index is 0.0538. The Bertz CT molecular complexity index is 1230. The van der Waals surface area contributed by atoms with Crippen LogP contribution in [0.5, 0.6) is 11.5 Å². The van der Waals surface area contributed by atoms with Gasteiger partial charge in [-0.1, -0.05) is 48.0 Å². The molecule has 0 aliphatic heterocycles. The number of esters is 1. The Labute approximate surface area is 196 Å². The summed E-state index contributed by atoms with van der Waals surface area (Å²) in [5.41, 5.74) is 2.57. The van der Waals surface area contributed by atoms with E-state index in [-0.39, 0.29) is 23.4 Å². The zero-order chi connectivity index (χ0) is 23.5. The second-order valence-electron chi connectivity index (χ2n) is 7.87. The molecular formula is C27H22ClFO4. The van der Waals surface area contributed by atoms with E-state index in [4.69, 9.17) is 21.1 Å². The smallest absolute Gasteiger partial charge is 0.308 e. The summed E-state index contributed by atoms with van der Waals surface area (Å²) in [7, 11) is 1.48. The van der Waals surface area contributed by atoms with E-state index in [9.17, 15) is 14.0 Å². The quantitative estimate of drug-likeness (QED) is 0.237. The summed E-state index contributed by atoms with van der Waals surface area (Å²) < 4.78 is 24.6. The van der Waals surface area contributed by atoms with Crippen LogP contribution in [0, 0.1) is 5.82 Å². The topological polar surface area (TPSA) is 52.6 Å². The van der Waals surface area contributed by atoms with Gasteiger partial charge >= 0.3 is 5.97 Å². The van der Waals surface area contributed by atoms with Crippen LogP contribution in [0.2, 0.25) is 5.02 Å². The van der Waals surface area contributed by atoms with Crippen molar-refractivity contribution in [2.24, 2.45) is 0 Å². The lowest BCUT2D eigenvalue weighted by Crippen LogP contribution is -2.13. The number of ketones is 1. The van der Waals surface area contributed by atoms with Crippen molar-refractivity contribution in [3.63, 3.8) is 0 Å². The fourth-order valence-electron chi connectivity index (χ4n) is 4.28. The van der Waals surface area contributed by atoms with Crippen molar-refractivity contribution in [1.29, 1.82) is 0 Å². The van der Waals surface area contributed by atoms with Gasteiger partial charge in [0.15, 0.2) is 5.78 Å². The van der Waals surface area contributed by atoms with Crippen molar-refractivity contribution in [3.05, 3.63) is 106 Å². The number of hydrogen-bond donors (Lipinski definition) is 0. The van der Waals surface area contributed by atoms with Crippen LogP contribution in [0.25, 0.3) is 0 Å². The Hall–Kier alpha value is -3.44. The van der Waals surface area contributed by atoms with Gasteiger partial charge in [-0.15, -0.1) is 0 Å². The summed E-state index contributed by atoms with van der Waals surface area (Å²) >= 11 is 6.05. The van der Waals surface area contributed by atoms with E-state index in [1.165, 1.54) is 26.2 Å². The normalized spacial score (nSPS) is 17.4. The SMILES string of the molecule is COc1cc(F)ccc1C1CC(c2ccc(Cl)cc2)C=C1C(=O)c1ccccc1OC(C)=O. The average molecular weight is 465 g/mol. The number of carbonyl (C=O) groups excluding carboxylic acids is 2. The Morgan fingerprint density at radius 2 is 1.73 bits per heavy atom. The Morgan fingerprint density at radius 1 is 1.00 bits per heavy atom. The zero-order valence-corrected chi connectivity index (χ0v) is 18.9. The molecule has 1 aliphatic carbocycles. The molecule has 3 aromatic carbocycles. The molecule has 0 amide bonds. The van der Waals surface area contributed by atoms with Crippen LogP contribution < -0.4 is 9.47 Å². The fourth-order valence-corrected chi connectivity index (χ4v) is 4.40. The van der Waals surface area contributed by atoms with Crippen LogP contribution in [-0.4, -0.2) is 18.9 Å². The molecule has 0 N–H and O–H groups in total. The standard InChI is InChI=1S/C27H22ClFO4/c1-16(30)33-25-6-4-3-5-22(25)27(31)24-14-18(17-7-9-19(28)10-8-17)13-23(24)21-12-11-20(29)15-26(21)32-2/h3-12,14-15,18,23H,13H2,1-2H3. The third-order valence-corrected chi connectivity index (χ3v) is 6.01. The van der Waals surface area contributed by atoms with Crippen molar-refractivity contribution >= 4 is 23.4 Å². The first kappa shape index (κ1) is 22.7. The number of hydrogen-bond acceptors (Lipinski definition) is 4. The van der Waals surface area contributed by atoms with Crippen molar-refractivity contribution < 1.29 is 23.5 Å². The lowest BCUT2D eigenvalue weighted by atomic mass is 9.86. The lowest BCUT2D eigenvalue weighted by Gasteiger charge is -2.19. The van der Waals surface area contributed by atoms with Gasteiger partial charge in [0.25, 0.3) is 0 Å². The van der Waals surface area contributed by atoms with Crippen molar-refractivity contribution in [1.82, 2.24) is 0 Å². The van der Waals surface area contributed by atoms with Crippen LogP contribution in [0.3, 0.4) is 0 Å². The first-order valence-corrected chi connectivity index (χ1v) is 10.9. The first-order chi connectivity index (χ1) is 15.9. The predicted molar refractivity (Wildman–Crippen MR) is 125 cm³/mol. The number of methoxy groups -OCH3 is 1. The second kappa shape index (κ2) is 9.59. The van der Waals surface area contributed by atoms with E-state index in [1.54, 1.807) is 30.3 Å². The summed E-state index contributed by atoms with van der Waals surface area (Å²) in [6, 6.07) is 18.5. The fraction of sp³-hybridized carbons (Fsp3) is 0.185. The highest BCUT2D eigenvalue weighted by molar-refractivity contribution is 6.30. The molecule has 0 bridgehead atoms. The van der Waals surface area contributed by atoms with E-state index in [0.717, 1.165) is 11.1 Å². The van der Waals surface area contributed by atoms with Crippen LogP contribution >= 0.6 is 11.6 Å². The van der Waals surface area contributed by atoms with Gasteiger partial charge in [0.05, 0.1) is 12.7 Å². The number of rotatable bonds is 6. The number of ether oxygens (including phenoxy) is 2. The van der Waals surface area contributed by atoms with E-state index >= 15 is 0 Å². The van der Waals surface area contributed by atoms with E-state index in [2.05, 4.69) is 0 Å². The third kappa shape index (κ3) is 4.83. The predicted octanol–water partition coefficient (Wildman–Crippen LogP) is 6.49. The van der Waals surface area contributed by atoms with E-state index in [1.807, 2.05) is 30.3 Å². The second-order valence-corrected chi connectivity index (χ2v) is 8.31. The molecule has 6 heteroatoms. The van der Waals surface area contributed by atoms with Crippen LogP contribution in [0.1, 0.15) is 46.7 Å². The molecule has 0 fully saturated rings. The molecule has 0 saturated heterocycles. The van der Waals surface area contributed by atoms with Gasteiger partial charge in [0.1, 0.15) is 17.3 Å². The lowest BCUT2D eigenvalue weighted by molar-refractivity contribution is -0.131. The van der Waals surface area contributed by atoms with Gasteiger partial charge in [-0.25, -0.2) is 4.39 Å². The van der Waals surface area contributed by atoms with Crippen LogP contribution in [0.4, 0.5) is 4.39 Å². The molecule has 4 nitrogen and oxygen atoms in total. The van der Waals surface area contributed by atoms with Crippen molar-refractivity contribution in [3.8, 4) is 11.5 Å². The van der Waals surface area contributed by atoms with Gasteiger partial charge in [-0.2, -0.15) is 0 Å². The molecule has 0 spiro atoms. The summed E-state index contributed by atoms with van der Waals surface area (Å²) in [5.74, 6) is -0.980. The van der Waals surface area contributed by atoms with Gasteiger partial charge in [0, 0.05) is 41.0 Å². The number of Topliss-reactive ketones (excluding diaryl/α,β-unsaturated/α-hetero) is 1. The van der Waals surface area contributed by atoms with E-state index in [0.29, 0.717) is 28.3 Å². The summed E-state index contributed by atoms with van der Waals surface area (Å²) in [6.07, 6.45) is 2.53. The number of allylic oxidation sites excluding steroid dienone is 2. The maximum Gasteiger partial charge on any atom is 0.308 e. The van der Waals surface area contributed by atoms with Gasteiger partial charge in [-0.3, -0.25) is 9.59 Å². The monoisotopic (exact) mass is 464 g/mol. The Morgan fingerprint density at radius 3 is 2.42 bits per heavy atom. The minimum atomic E-state index is -0.508. The zero-order valence-electron chi connectivity index (χ0n) is 18.2. The maximum atomic E-state index is 13.9. The van der Waals surface area contributed by atoms with Gasteiger partial charge in [-0.05, 0) is 42.3 Å². The minimum Gasteiger partial charge on any atom is -0.496 e. The molecule has 168 valence electrons. The molecule has 2 unspecified atom stereocenters. The third-order valence-electron chi connectivity index (χ3n) is 5.76. The molecule has 0 aromatic heterocycles. The Balaban J connectivity index is 1.80. The summed E-state index contributed by atoms with van der Waals surface area (Å²) in [5, 5.41) is 0.629. The average Bonchev–Trinajstić information content (AvgIpc) is 3.24. The molecule has 3 aromatic rings. The van der Waals surface area contributed by atoms with Gasteiger partial charge in [0.2, 0.25) is 0 Å². The van der Waals surface area contributed by atoms with Crippen LogP contribution in [-0.2, 0) is 4.79 Å². The molecule has 0 radical (unpaired) electrons. The molecular weight excluding hydrogens is 443 g/mol. The number of para-hydroxylation sites is 1. The number of halogens is 2. The highest BCUT2D eigenvalue weighted by Crippen LogP contribution is 2.47. The van der Waals surface area contributed by atoms with Crippen molar-refractivity contribution in [2.75, 3.05) is 7.11 Å². The molecule has 33 heavy (non-hydrogen) atoms. The van der Waals surface area contributed by atoms with Crippen LogP contribution in [0.15, 0.2) is 78.4 Å². The van der Waals surface area contributed by atoms with E-state index < -0.39 is 11.8 Å². The van der Waals surface area contributed by atoms with Gasteiger partial charge < -0.3 is 9.47 Å². The molecule has 4 rings (SSSR count). The molecule has 0 heterocycles. The largest absolute Gasteiger partial charge is 0.496 e. The maximum absolute atomic E-state index is 13.9. The highest BCUT2D eigenvalue weighted by Gasteiger charge is 2.35. The number of benzene rings is 3. The van der Waals surface area contributed by atoms with Crippen molar-refractivity contribution in [2.45, 2.75) is 25.2 Å². The highest BCUT2D eigenvalue weighted by atomic mass is 35.5. The molecule has 1 aliphatic rings. The first-order valence-electron chi connectivity index (χ1n) is 10.5. The molecule has 2 atom stereocenters.